The summed E-state index contributed by atoms with van der Waals surface area (Å²) in [6.07, 6.45) is 3.35. The molecule has 2 N–H and O–H groups in total. The first-order valence-corrected chi connectivity index (χ1v) is 4.38. The van der Waals surface area contributed by atoms with Gasteiger partial charge in [0.05, 0.1) is 6.33 Å². The first-order chi connectivity index (χ1) is 7.22. The highest BCUT2D eigenvalue weighted by molar-refractivity contribution is 5.91. The van der Waals surface area contributed by atoms with Crippen LogP contribution in [0.4, 0.5) is 0 Å². The van der Waals surface area contributed by atoms with E-state index in [0.29, 0.717) is 5.69 Å². The minimum Gasteiger partial charge on any atom is -0.476 e. The lowest BCUT2D eigenvalue weighted by Gasteiger charge is -1.92. The summed E-state index contributed by atoms with van der Waals surface area (Å²) in [7, 11) is 0. The van der Waals surface area contributed by atoms with E-state index in [0.717, 1.165) is 6.54 Å². The molecule has 2 heterocycles. The fourth-order valence-electron chi connectivity index (χ4n) is 1.21. The van der Waals surface area contributed by atoms with Crippen LogP contribution >= 0.6 is 0 Å². The van der Waals surface area contributed by atoms with Crippen LogP contribution in [0, 0.1) is 0 Å². The molecular weight excluding hydrogens is 198 g/mol. The minimum absolute atomic E-state index is 0.114. The van der Waals surface area contributed by atoms with Gasteiger partial charge in [-0.25, -0.2) is 9.78 Å². The lowest BCUT2D eigenvalue weighted by atomic mass is 10.2. The maximum atomic E-state index is 10.8. The summed E-state index contributed by atoms with van der Waals surface area (Å²) in [5.41, 5.74) is 0.647. The van der Waals surface area contributed by atoms with Crippen molar-refractivity contribution in [3.8, 4) is 11.4 Å². The molecule has 0 aliphatic carbocycles. The maximum Gasteiger partial charge on any atom is 0.358 e. The third-order valence-electron chi connectivity index (χ3n) is 1.99. The number of rotatable bonds is 3. The van der Waals surface area contributed by atoms with Crippen LogP contribution in [0.15, 0.2) is 12.5 Å². The van der Waals surface area contributed by atoms with E-state index in [4.69, 9.17) is 5.11 Å². The van der Waals surface area contributed by atoms with Gasteiger partial charge in [-0.2, -0.15) is 10.3 Å². The Bertz CT molecular complexity index is 487. The fourth-order valence-corrected chi connectivity index (χ4v) is 1.21. The largest absolute Gasteiger partial charge is 0.476 e. The first kappa shape index (κ1) is 9.38. The number of carboxylic acid groups (broad SMARTS) is 1. The molecule has 7 heteroatoms. The van der Waals surface area contributed by atoms with Crippen LogP contribution in [-0.4, -0.2) is 36.0 Å². The van der Waals surface area contributed by atoms with Gasteiger partial charge in [0.25, 0.3) is 0 Å². The number of H-pyrrole nitrogens is 1. The standard InChI is InChI=1S/C8H9N5O2/c1-2-13-3-5(9-4-13)6-7(8(14)15)11-12-10-6/h3-4H,2H2,1H3,(H,14,15)(H,10,11,12). The maximum absolute atomic E-state index is 10.8. The van der Waals surface area contributed by atoms with Gasteiger partial charge in [-0.1, -0.05) is 0 Å². The zero-order chi connectivity index (χ0) is 10.8. The Balaban J connectivity index is 2.44. The molecule has 0 spiro atoms. The molecule has 0 bridgehead atoms. The van der Waals surface area contributed by atoms with E-state index in [9.17, 15) is 4.79 Å². The molecule has 0 fully saturated rings. The molecule has 0 unspecified atom stereocenters. The number of hydrogen-bond acceptors (Lipinski definition) is 4. The predicted octanol–water partition coefficient (Wildman–Crippen LogP) is 0.386. The van der Waals surface area contributed by atoms with E-state index in [1.54, 1.807) is 12.5 Å². The zero-order valence-electron chi connectivity index (χ0n) is 8.01. The van der Waals surface area contributed by atoms with E-state index in [1.165, 1.54) is 0 Å². The molecule has 0 amide bonds. The second kappa shape index (κ2) is 3.52. The topological polar surface area (TPSA) is 96.7 Å². The van der Waals surface area contributed by atoms with Crippen molar-refractivity contribution in [1.82, 2.24) is 25.0 Å². The summed E-state index contributed by atoms with van der Waals surface area (Å²) in [6, 6.07) is 0. The van der Waals surface area contributed by atoms with Crippen molar-refractivity contribution in [2.75, 3.05) is 0 Å². The number of aromatic amines is 1. The molecule has 0 saturated heterocycles. The van der Waals surface area contributed by atoms with Crippen LogP contribution in [0.25, 0.3) is 11.4 Å². The Morgan fingerprint density at radius 1 is 1.60 bits per heavy atom. The van der Waals surface area contributed by atoms with Crippen LogP contribution in [0.3, 0.4) is 0 Å². The summed E-state index contributed by atoms with van der Waals surface area (Å²) < 4.78 is 1.83. The van der Waals surface area contributed by atoms with Gasteiger partial charge in [0, 0.05) is 12.7 Å². The van der Waals surface area contributed by atoms with Crippen molar-refractivity contribution in [1.29, 1.82) is 0 Å². The van der Waals surface area contributed by atoms with Crippen LogP contribution < -0.4 is 0 Å². The molecule has 0 aliphatic rings. The highest BCUT2D eigenvalue weighted by atomic mass is 16.4. The van der Waals surface area contributed by atoms with Gasteiger partial charge >= 0.3 is 5.97 Å². The molecule has 0 aliphatic heterocycles. The monoisotopic (exact) mass is 207 g/mol. The lowest BCUT2D eigenvalue weighted by molar-refractivity contribution is 0.0691. The molecule has 7 nitrogen and oxygen atoms in total. The third-order valence-corrected chi connectivity index (χ3v) is 1.99. The van der Waals surface area contributed by atoms with Gasteiger partial charge in [0.2, 0.25) is 0 Å². The summed E-state index contributed by atoms with van der Waals surface area (Å²) in [6.45, 7) is 2.74. The number of aromatic carboxylic acids is 1. The van der Waals surface area contributed by atoms with Crippen molar-refractivity contribution in [2.45, 2.75) is 13.5 Å². The van der Waals surface area contributed by atoms with Gasteiger partial charge in [-0.15, -0.1) is 5.10 Å². The van der Waals surface area contributed by atoms with Crippen LogP contribution in [0.2, 0.25) is 0 Å². The Kier molecular flexibility index (Phi) is 2.20. The Morgan fingerprint density at radius 2 is 2.40 bits per heavy atom. The molecular formula is C8H9N5O2. The molecule has 2 rings (SSSR count). The number of imidazole rings is 1. The van der Waals surface area contributed by atoms with Gasteiger partial charge in [-0.3, -0.25) is 0 Å². The summed E-state index contributed by atoms with van der Waals surface area (Å²) in [5, 5.41) is 18.4. The number of carbonyl (C=O) groups is 1. The number of nitrogens with one attached hydrogen (secondary N) is 1. The second-order valence-corrected chi connectivity index (χ2v) is 2.92. The van der Waals surface area contributed by atoms with E-state index < -0.39 is 5.97 Å². The quantitative estimate of drug-likeness (QED) is 0.758. The Morgan fingerprint density at radius 3 is 3.00 bits per heavy atom. The van der Waals surface area contributed by atoms with Gasteiger partial charge < -0.3 is 9.67 Å². The first-order valence-electron chi connectivity index (χ1n) is 4.38. The van der Waals surface area contributed by atoms with Crippen LogP contribution in [0.1, 0.15) is 17.4 Å². The molecule has 0 atom stereocenters. The summed E-state index contributed by atoms with van der Waals surface area (Å²) in [5.74, 6) is -1.12. The van der Waals surface area contributed by atoms with E-state index >= 15 is 0 Å². The number of hydrogen-bond donors (Lipinski definition) is 2. The van der Waals surface area contributed by atoms with Gasteiger partial charge in [0.1, 0.15) is 11.4 Å². The highest BCUT2D eigenvalue weighted by Crippen LogP contribution is 2.16. The summed E-state index contributed by atoms with van der Waals surface area (Å²) >= 11 is 0. The molecule has 15 heavy (non-hydrogen) atoms. The second-order valence-electron chi connectivity index (χ2n) is 2.92. The lowest BCUT2D eigenvalue weighted by Crippen LogP contribution is -1.99. The van der Waals surface area contributed by atoms with E-state index in [2.05, 4.69) is 20.4 Å². The van der Waals surface area contributed by atoms with Gasteiger partial charge in [0.15, 0.2) is 5.69 Å². The van der Waals surface area contributed by atoms with Crippen LogP contribution in [-0.2, 0) is 6.54 Å². The van der Waals surface area contributed by atoms with Crippen molar-refractivity contribution in [3.05, 3.63) is 18.2 Å². The molecule has 0 radical (unpaired) electrons. The van der Waals surface area contributed by atoms with E-state index in [1.807, 2.05) is 11.5 Å². The number of nitrogens with zero attached hydrogens (tertiary/aromatic N) is 4. The average Bonchev–Trinajstić information content (AvgIpc) is 2.85. The minimum atomic E-state index is -1.12. The predicted molar refractivity (Wildman–Crippen MR) is 50.2 cm³/mol. The fraction of sp³-hybridized carbons (Fsp3) is 0.250. The highest BCUT2D eigenvalue weighted by Gasteiger charge is 2.18. The smallest absolute Gasteiger partial charge is 0.358 e. The Hall–Kier alpha value is -2.18. The van der Waals surface area contributed by atoms with E-state index in [-0.39, 0.29) is 11.4 Å². The van der Waals surface area contributed by atoms with Crippen molar-refractivity contribution >= 4 is 5.97 Å². The molecule has 78 valence electrons. The van der Waals surface area contributed by atoms with Crippen molar-refractivity contribution in [3.63, 3.8) is 0 Å². The SMILES string of the molecule is CCn1cnc(-c2n[nH]nc2C(=O)O)c1. The van der Waals surface area contributed by atoms with Gasteiger partial charge in [-0.05, 0) is 6.92 Å². The zero-order valence-corrected chi connectivity index (χ0v) is 8.01. The molecule has 2 aromatic rings. The van der Waals surface area contributed by atoms with Crippen molar-refractivity contribution in [2.24, 2.45) is 0 Å². The number of aryl methyl sites for hydroxylation is 1. The Labute approximate surface area is 84.8 Å². The molecule has 2 aromatic heterocycles. The molecule has 0 saturated carbocycles. The van der Waals surface area contributed by atoms with Crippen molar-refractivity contribution < 1.29 is 9.90 Å². The third kappa shape index (κ3) is 1.58. The average molecular weight is 207 g/mol. The summed E-state index contributed by atoms with van der Waals surface area (Å²) in [4.78, 5) is 14.8. The number of aromatic nitrogens is 5. The normalized spacial score (nSPS) is 10.5. The van der Waals surface area contributed by atoms with Crippen LogP contribution in [0.5, 0.6) is 0 Å². The number of carboxylic acids is 1. The molecule has 0 aromatic carbocycles.